The number of rotatable bonds is 7. The van der Waals surface area contributed by atoms with Gasteiger partial charge in [0, 0.05) is 6.54 Å². The minimum absolute atomic E-state index is 0.725. The van der Waals surface area contributed by atoms with Crippen LogP contribution in [-0.4, -0.2) is 20.8 Å². The molecule has 100 valence electrons. The van der Waals surface area contributed by atoms with Crippen molar-refractivity contribution in [2.24, 2.45) is 0 Å². The fourth-order valence-electron chi connectivity index (χ4n) is 2.26. The zero-order valence-corrected chi connectivity index (χ0v) is 11.6. The van der Waals surface area contributed by atoms with Gasteiger partial charge >= 0.3 is 0 Å². The summed E-state index contributed by atoms with van der Waals surface area (Å²) in [5, 5.41) is 3.47. The Kier molecular flexibility index (Phi) is 4.48. The molecule has 0 atom stereocenters. The topological polar surface area (TPSA) is 30.5 Å². The van der Waals surface area contributed by atoms with Gasteiger partial charge in [-0.05, 0) is 55.0 Å². The zero-order valence-electron chi connectivity index (χ0n) is 11.6. The van der Waals surface area contributed by atoms with Crippen LogP contribution >= 0.6 is 0 Å². The SMILES string of the molecule is CCCNCc1cc(OC)c(OC)cc1C1CC1. The van der Waals surface area contributed by atoms with Crippen LogP contribution in [0.15, 0.2) is 12.1 Å². The highest BCUT2D eigenvalue weighted by molar-refractivity contribution is 5.49. The van der Waals surface area contributed by atoms with Crippen molar-refractivity contribution in [2.75, 3.05) is 20.8 Å². The van der Waals surface area contributed by atoms with Gasteiger partial charge in [-0.2, -0.15) is 0 Å². The second-order valence-electron chi connectivity index (χ2n) is 4.86. The summed E-state index contributed by atoms with van der Waals surface area (Å²) in [4.78, 5) is 0. The van der Waals surface area contributed by atoms with Crippen LogP contribution < -0.4 is 14.8 Å². The molecule has 3 heteroatoms. The molecule has 1 aromatic carbocycles. The molecular formula is C15H23NO2. The predicted octanol–water partition coefficient (Wildman–Crippen LogP) is 3.08. The Bertz CT molecular complexity index is 400. The Morgan fingerprint density at radius 1 is 1.17 bits per heavy atom. The van der Waals surface area contributed by atoms with E-state index in [1.807, 2.05) is 0 Å². The van der Waals surface area contributed by atoms with Crippen molar-refractivity contribution in [2.45, 2.75) is 38.6 Å². The second kappa shape index (κ2) is 6.10. The van der Waals surface area contributed by atoms with Crippen molar-refractivity contribution >= 4 is 0 Å². The maximum atomic E-state index is 5.39. The standard InChI is InChI=1S/C15H23NO2/c1-4-7-16-10-12-8-14(17-2)15(18-3)9-13(12)11-5-6-11/h8-9,11,16H,4-7,10H2,1-3H3. The number of methoxy groups -OCH3 is 2. The van der Waals surface area contributed by atoms with Crippen molar-refractivity contribution in [1.29, 1.82) is 0 Å². The van der Waals surface area contributed by atoms with Gasteiger partial charge in [-0.3, -0.25) is 0 Å². The third-order valence-corrected chi connectivity index (χ3v) is 3.40. The quantitative estimate of drug-likeness (QED) is 0.753. The first-order chi connectivity index (χ1) is 8.80. The van der Waals surface area contributed by atoms with Gasteiger partial charge in [0.15, 0.2) is 11.5 Å². The first-order valence-corrected chi connectivity index (χ1v) is 6.75. The van der Waals surface area contributed by atoms with Gasteiger partial charge in [-0.15, -0.1) is 0 Å². The highest BCUT2D eigenvalue weighted by Crippen LogP contribution is 2.45. The van der Waals surface area contributed by atoms with Gasteiger partial charge in [0.05, 0.1) is 14.2 Å². The molecule has 0 aromatic heterocycles. The van der Waals surface area contributed by atoms with Crippen LogP contribution in [0, 0.1) is 0 Å². The molecule has 1 aromatic rings. The molecule has 0 amide bonds. The maximum Gasteiger partial charge on any atom is 0.161 e. The minimum atomic E-state index is 0.725. The van der Waals surface area contributed by atoms with E-state index in [0.29, 0.717) is 0 Å². The normalized spacial score (nSPS) is 14.6. The van der Waals surface area contributed by atoms with Gasteiger partial charge < -0.3 is 14.8 Å². The lowest BCUT2D eigenvalue weighted by molar-refractivity contribution is 0.354. The monoisotopic (exact) mass is 249 g/mol. The van der Waals surface area contributed by atoms with Crippen LogP contribution in [0.5, 0.6) is 11.5 Å². The number of hydrogen-bond acceptors (Lipinski definition) is 3. The molecule has 0 radical (unpaired) electrons. The molecule has 1 saturated carbocycles. The van der Waals surface area contributed by atoms with Gasteiger partial charge in [-0.25, -0.2) is 0 Å². The van der Waals surface area contributed by atoms with E-state index in [2.05, 4.69) is 24.4 Å². The predicted molar refractivity (Wildman–Crippen MR) is 73.5 cm³/mol. The molecular weight excluding hydrogens is 226 g/mol. The lowest BCUT2D eigenvalue weighted by Gasteiger charge is -2.15. The summed E-state index contributed by atoms with van der Waals surface area (Å²) in [5.41, 5.74) is 2.78. The molecule has 1 aliphatic carbocycles. The van der Waals surface area contributed by atoms with Crippen LogP contribution in [0.3, 0.4) is 0 Å². The summed E-state index contributed by atoms with van der Waals surface area (Å²) in [7, 11) is 3.39. The van der Waals surface area contributed by atoms with Crippen LogP contribution in [0.1, 0.15) is 43.2 Å². The van der Waals surface area contributed by atoms with E-state index >= 15 is 0 Å². The van der Waals surface area contributed by atoms with E-state index in [1.165, 1.54) is 24.0 Å². The lowest BCUT2D eigenvalue weighted by atomic mass is 10.0. The van der Waals surface area contributed by atoms with Gasteiger partial charge in [0.25, 0.3) is 0 Å². The van der Waals surface area contributed by atoms with Gasteiger partial charge in [-0.1, -0.05) is 6.92 Å². The van der Waals surface area contributed by atoms with Crippen LogP contribution in [-0.2, 0) is 6.54 Å². The maximum absolute atomic E-state index is 5.39. The third kappa shape index (κ3) is 2.96. The average molecular weight is 249 g/mol. The molecule has 18 heavy (non-hydrogen) atoms. The first kappa shape index (κ1) is 13.2. The average Bonchev–Trinajstić information content (AvgIpc) is 3.22. The second-order valence-corrected chi connectivity index (χ2v) is 4.86. The third-order valence-electron chi connectivity index (χ3n) is 3.40. The van der Waals surface area contributed by atoms with Crippen molar-refractivity contribution < 1.29 is 9.47 Å². The van der Waals surface area contributed by atoms with Crippen molar-refractivity contribution in [3.63, 3.8) is 0 Å². The Hall–Kier alpha value is -1.22. The Balaban J connectivity index is 2.23. The van der Waals surface area contributed by atoms with Gasteiger partial charge in [0.2, 0.25) is 0 Å². The van der Waals surface area contributed by atoms with Crippen LogP contribution in [0.25, 0.3) is 0 Å². The van der Waals surface area contributed by atoms with Crippen molar-refractivity contribution in [1.82, 2.24) is 5.32 Å². The fraction of sp³-hybridized carbons (Fsp3) is 0.600. The van der Waals surface area contributed by atoms with E-state index in [4.69, 9.17) is 9.47 Å². The highest BCUT2D eigenvalue weighted by atomic mass is 16.5. The summed E-state index contributed by atoms with van der Waals surface area (Å²) in [6.45, 7) is 4.15. The smallest absolute Gasteiger partial charge is 0.161 e. The van der Waals surface area contributed by atoms with Crippen molar-refractivity contribution in [3.05, 3.63) is 23.3 Å². The number of nitrogens with one attached hydrogen (secondary N) is 1. The Labute approximate surface area is 109 Å². The van der Waals surface area contributed by atoms with E-state index in [-0.39, 0.29) is 0 Å². The highest BCUT2D eigenvalue weighted by Gasteiger charge is 2.27. The molecule has 0 spiro atoms. The molecule has 1 fully saturated rings. The molecule has 1 N–H and O–H groups in total. The molecule has 0 aliphatic heterocycles. The first-order valence-electron chi connectivity index (χ1n) is 6.75. The van der Waals surface area contributed by atoms with E-state index in [0.717, 1.165) is 36.9 Å². The largest absolute Gasteiger partial charge is 0.493 e. The molecule has 0 unspecified atom stereocenters. The van der Waals surface area contributed by atoms with Crippen molar-refractivity contribution in [3.8, 4) is 11.5 Å². The number of benzene rings is 1. The molecule has 3 nitrogen and oxygen atoms in total. The Morgan fingerprint density at radius 3 is 2.39 bits per heavy atom. The zero-order chi connectivity index (χ0) is 13.0. The molecule has 0 bridgehead atoms. The summed E-state index contributed by atoms with van der Waals surface area (Å²) in [6.07, 6.45) is 3.76. The number of ether oxygens (including phenoxy) is 2. The molecule has 0 saturated heterocycles. The summed E-state index contributed by atoms with van der Waals surface area (Å²) in [6, 6.07) is 4.27. The van der Waals surface area contributed by atoms with Crippen LogP contribution in [0.2, 0.25) is 0 Å². The Morgan fingerprint density at radius 2 is 1.83 bits per heavy atom. The summed E-state index contributed by atoms with van der Waals surface area (Å²) in [5.74, 6) is 2.40. The molecule has 0 heterocycles. The van der Waals surface area contributed by atoms with Gasteiger partial charge in [0.1, 0.15) is 0 Å². The molecule has 2 rings (SSSR count). The van der Waals surface area contributed by atoms with E-state index in [9.17, 15) is 0 Å². The number of hydrogen-bond donors (Lipinski definition) is 1. The van der Waals surface area contributed by atoms with Crippen LogP contribution in [0.4, 0.5) is 0 Å². The van der Waals surface area contributed by atoms with E-state index < -0.39 is 0 Å². The molecule has 1 aliphatic rings. The van der Waals surface area contributed by atoms with E-state index in [1.54, 1.807) is 14.2 Å². The lowest BCUT2D eigenvalue weighted by Crippen LogP contribution is -2.15. The summed E-state index contributed by atoms with van der Waals surface area (Å²) >= 11 is 0. The summed E-state index contributed by atoms with van der Waals surface area (Å²) < 4.78 is 10.8. The minimum Gasteiger partial charge on any atom is -0.493 e. The fourth-order valence-corrected chi connectivity index (χ4v) is 2.26.